The van der Waals surface area contributed by atoms with E-state index >= 15 is 0 Å². The van der Waals surface area contributed by atoms with Gasteiger partial charge in [0.15, 0.2) is 0 Å². The summed E-state index contributed by atoms with van der Waals surface area (Å²) in [6.45, 7) is 1.82. The summed E-state index contributed by atoms with van der Waals surface area (Å²) >= 11 is -0.00372. The Hall–Kier alpha value is -2.43. The van der Waals surface area contributed by atoms with Crippen LogP contribution in [-0.2, 0) is 16.3 Å². The Morgan fingerprint density at radius 1 is 0.491 bits per heavy atom. The summed E-state index contributed by atoms with van der Waals surface area (Å²) < 4.78 is 351. The zero-order valence-corrected chi connectivity index (χ0v) is 29.0. The molecule has 0 saturated heterocycles. The molecule has 1 rings (SSSR count). The second-order valence-corrected chi connectivity index (χ2v) is 13.8. The zero-order valence-electron chi connectivity index (χ0n) is 27.4. The fourth-order valence-electron chi connectivity index (χ4n) is 4.10. The Morgan fingerprint density at radius 3 is 1.12 bits per heavy atom. The molecule has 0 bridgehead atoms. The average molecular weight is 935 g/mol. The van der Waals surface area contributed by atoms with Crippen LogP contribution in [0.25, 0.3) is 0 Å². The average Bonchev–Trinajstić information content (AvgIpc) is 3.00. The van der Waals surface area contributed by atoms with Gasteiger partial charge in [0, 0.05) is 36.8 Å². The molecule has 1 aromatic carbocycles. The van der Waals surface area contributed by atoms with Crippen molar-refractivity contribution < 1.29 is 124 Å². The molecule has 0 heterocycles. The van der Waals surface area contributed by atoms with Gasteiger partial charge in [-0.25, -0.2) is 0 Å². The molecule has 0 N–H and O–H groups in total. The third-order valence-corrected chi connectivity index (χ3v) is 9.34. The first-order valence-electron chi connectivity index (χ1n) is 14.2. The Bertz CT molecular complexity index is 1570. The van der Waals surface area contributed by atoms with Crippen LogP contribution >= 0.6 is 23.5 Å². The number of rotatable bonds is 19. The van der Waals surface area contributed by atoms with Crippen LogP contribution in [0.5, 0.6) is 5.75 Å². The lowest BCUT2D eigenvalue weighted by atomic mass is 9.93. The summed E-state index contributed by atoms with van der Waals surface area (Å²) in [7, 11) is 0. The van der Waals surface area contributed by atoms with E-state index in [4.69, 9.17) is 4.74 Å². The summed E-state index contributed by atoms with van der Waals surface area (Å²) in [5.74, 6) is -82.5. The maximum Gasteiger partial charge on any atom is 0.460 e. The highest BCUT2D eigenvalue weighted by atomic mass is 32.2. The minimum Gasteiger partial charge on any atom is -0.426 e. The van der Waals surface area contributed by atoms with Crippen molar-refractivity contribution >= 4 is 29.5 Å². The summed E-state index contributed by atoms with van der Waals surface area (Å²) in [6, 6.07) is 1.81. The molecule has 334 valence electrons. The normalized spacial score (nSPS) is 15.3. The summed E-state index contributed by atoms with van der Waals surface area (Å²) in [5, 5.41) is 0. The Kier molecular flexibility index (Phi) is 15.0. The van der Waals surface area contributed by atoms with E-state index in [9.17, 15) is 119 Å². The lowest BCUT2D eigenvalue weighted by Crippen LogP contribution is -2.70. The molecule has 0 aliphatic rings. The number of thioether (sulfide) groups is 2. The maximum atomic E-state index is 14.1. The third-order valence-electron chi connectivity index (χ3n) is 7.30. The maximum absolute atomic E-state index is 14.1. The van der Waals surface area contributed by atoms with Gasteiger partial charge in [0.2, 0.25) is 0 Å². The van der Waals surface area contributed by atoms with E-state index in [2.05, 4.69) is 0 Å². The summed E-state index contributed by atoms with van der Waals surface area (Å²) in [5.41, 5.74) is -0.787. The number of hydrogen-bond acceptors (Lipinski definition) is 4. The fourth-order valence-corrected chi connectivity index (χ4v) is 6.03. The van der Waals surface area contributed by atoms with Crippen molar-refractivity contribution in [1.82, 2.24) is 0 Å². The Morgan fingerprint density at radius 2 is 0.807 bits per heavy atom. The van der Waals surface area contributed by atoms with Gasteiger partial charge in [-0.3, -0.25) is 4.79 Å². The number of aryl methyl sites for hydroxylation is 1. The van der Waals surface area contributed by atoms with Gasteiger partial charge >= 0.3 is 77.5 Å². The van der Waals surface area contributed by atoms with Gasteiger partial charge < -0.3 is 4.74 Å². The van der Waals surface area contributed by atoms with E-state index in [1.807, 2.05) is 0 Å². The number of benzene rings is 1. The second kappa shape index (κ2) is 16.2. The van der Waals surface area contributed by atoms with Crippen LogP contribution < -0.4 is 4.74 Å². The van der Waals surface area contributed by atoms with E-state index in [0.717, 1.165) is 26.0 Å². The number of ether oxygens (including phenoxy) is 1. The van der Waals surface area contributed by atoms with Gasteiger partial charge in [-0.15, -0.1) is 0 Å². The van der Waals surface area contributed by atoms with Crippen molar-refractivity contribution in [2.75, 3.05) is 11.5 Å². The standard InChI is InChI=1S/C27H20F26O2S2/c1-11-7-13(9-56-5-3-16(28,29)18(32,33)20(36,37)22(40,41)24(44,45)26(48,49)50)8-14(15(11)55-12(2)54)10-57-6-4-17(30,31)19(34,35)21(38,39)23(42,43)25(46,47)27(51,52)53/h7-8H,3-6,9-10H2,1-2H3. The van der Waals surface area contributed by atoms with Crippen LogP contribution in [0, 0.1) is 6.92 Å². The smallest absolute Gasteiger partial charge is 0.426 e. The van der Waals surface area contributed by atoms with Gasteiger partial charge in [0.1, 0.15) is 5.75 Å². The van der Waals surface area contributed by atoms with Gasteiger partial charge in [-0.05, 0) is 29.6 Å². The van der Waals surface area contributed by atoms with Crippen LogP contribution in [0.2, 0.25) is 0 Å². The number of hydrogen-bond donors (Lipinski definition) is 0. The molecular formula is C27H20F26O2S2. The molecule has 2 nitrogen and oxygen atoms in total. The van der Waals surface area contributed by atoms with Gasteiger partial charge in [0.25, 0.3) is 0 Å². The second-order valence-electron chi connectivity index (χ2n) is 11.6. The summed E-state index contributed by atoms with van der Waals surface area (Å²) in [4.78, 5) is 11.5. The first kappa shape index (κ1) is 52.6. The van der Waals surface area contributed by atoms with Crippen molar-refractivity contribution in [3.8, 4) is 5.75 Å². The predicted molar refractivity (Wildman–Crippen MR) is 146 cm³/mol. The molecule has 0 fully saturated rings. The number of carbonyl (C=O) groups is 1. The highest BCUT2D eigenvalue weighted by Crippen LogP contribution is 2.62. The lowest BCUT2D eigenvalue weighted by Gasteiger charge is -2.39. The number of alkyl halides is 26. The molecule has 0 aliphatic carbocycles. The number of halogens is 26. The zero-order chi connectivity index (χ0) is 45.7. The van der Waals surface area contributed by atoms with E-state index in [1.165, 1.54) is 0 Å². The SMILES string of the molecule is CC(=O)Oc1c(C)cc(CSCCC(F)(F)C(F)(F)C(F)(F)C(F)(F)C(F)(F)C(F)(F)F)cc1CSCCC(F)(F)C(F)(F)C(F)(F)C(F)(F)C(F)(F)C(F)(F)F. The van der Waals surface area contributed by atoms with Crippen LogP contribution in [0.4, 0.5) is 114 Å². The minimum absolute atomic E-state index is 0.0292. The fraction of sp³-hybridized carbons (Fsp3) is 0.741. The highest BCUT2D eigenvalue weighted by Gasteiger charge is 2.92. The molecule has 30 heteroatoms. The molecule has 0 aromatic heterocycles. The van der Waals surface area contributed by atoms with Crippen LogP contribution in [0.15, 0.2) is 12.1 Å². The molecule has 0 unspecified atom stereocenters. The number of carbonyl (C=O) groups excluding carboxylic acids is 1. The van der Waals surface area contributed by atoms with Crippen molar-refractivity contribution in [2.24, 2.45) is 0 Å². The molecule has 0 saturated carbocycles. The van der Waals surface area contributed by atoms with E-state index < -0.39 is 125 Å². The molecule has 0 spiro atoms. The van der Waals surface area contributed by atoms with Crippen molar-refractivity contribution in [1.29, 1.82) is 0 Å². The predicted octanol–water partition coefficient (Wildman–Crippen LogP) is 12.6. The molecular weight excluding hydrogens is 914 g/mol. The first-order chi connectivity index (χ1) is 24.9. The molecule has 57 heavy (non-hydrogen) atoms. The van der Waals surface area contributed by atoms with Crippen molar-refractivity contribution in [3.63, 3.8) is 0 Å². The highest BCUT2D eigenvalue weighted by molar-refractivity contribution is 7.98. The Balaban J connectivity index is 3.22. The van der Waals surface area contributed by atoms with E-state index in [1.54, 1.807) is 0 Å². The quantitative estimate of drug-likeness (QED) is 0.0598. The van der Waals surface area contributed by atoms with Gasteiger partial charge in [-0.2, -0.15) is 138 Å². The third kappa shape index (κ3) is 9.33. The number of esters is 1. The summed E-state index contributed by atoms with van der Waals surface area (Å²) in [6.07, 6.45) is -20.5. The van der Waals surface area contributed by atoms with Crippen LogP contribution in [0.3, 0.4) is 0 Å². The topological polar surface area (TPSA) is 26.3 Å². The van der Waals surface area contributed by atoms with Crippen LogP contribution in [0.1, 0.15) is 36.5 Å². The molecule has 0 aliphatic heterocycles. The molecule has 1 aromatic rings. The van der Waals surface area contributed by atoms with Gasteiger partial charge in [-0.1, -0.05) is 12.1 Å². The van der Waals surface area contributed by atoms with Crippen LogP contribution in [-0.4, -0.2) is 89.1 Å². The van der Waals surface area contributed by atoms with Gasteiger partial charge in [0.05, 0.1) is 0 Å². The largest absolute Gasteiger partial charge is 0.460 e. The first-order valence-corrected chi connectivity index (χ1v) is 16.6. The van der Waals surface area contributed by atoms with Crippen molar-refractivity contribution in [3.05, 3.63) is 28.8 Å². The lowest BCUT2D eigenvalue weighted by molar-refractivity contribution is -0.439. The monoisotopic (exact) mass is 934 g/mol. The minimum atomic E-state index is -8.14. The Labute approximate surface area is 309 Å². The van der Waals surface area contributed by atoms with Crippen molar-refractivity contribution in [2.45, 2.75) is 110 Å². The molecule has 0 radical (unpaired) electrons. The molecule has 0 atom stereocenters. The van der Waals surface area contributed by atoms with E-state index in [0.29, 0.717) is 0 Å². The van der Waals surface area contributed by atoms with E-state index in [-0.39, 0.29) is 34.7 Å². The molecule has 0 amide bonds.